The molecular formula is C28H46N6O4. The maximum atomic E-state index is 12.5. The van der Waals surface area contributed by atoms with Crippen LogP contribution < -0.4 is 15.5 Å². The lowest BCUT2D eigenvalue weighted by molar-refractivity contribution is -0.120. The first-order valence-corrected chi connectivity index (χ1v) is 14.1. The summed E-state index contributed by atoms with van der Waals surface area (Å²) < 4.78 is 5.55. The van der Waals surface area contributed by atoms with Crippen molar-refractivity contribution in [1.29, 1.82) is 0 Å². The van der Waals surface area contributed by atoms with Crippen LogP contribution in [-0.4, -0.2) is 82.9 Å². The number of ether oxygens (including phenoxy) is 1. The number of anilines is 2. The van der Waals surface area contributed by atoms with Gasteiger partial charge in [-0.2, -0.15) is 4.98 Å². The van der Waals surface area contributed by atoms with Gasteiger partial charge >= 0.3 is 6.09 Å². The molecule has 0 saturated carbocycles. The van der Waals surface area contributed by atoms with Gasteiger partial charge in [0, 0.05) is 50.1 Å². The van der Waals surface area contributed by atoms with Gasteiger partial charge in [-0.1, -0.05) is 13.8 Å². The number of rotatable bonds is 8. The van der Waals surface area contributed by atoms with Crippen LogP contribution in [0.2, 0.25) is 0 Å². The predicted octanol–water partition coefficient (Wildman–Crippen LogP) is 3.13. The summed E-state index contributed by atoms with van der Waals surface area (Å²) in [6, 6.07) is -0.140. The minimum Gasteiger partial charge on any atom is -0.444 e. The van der Waals surface area contributed by atoms with Crippen LogP contribution >= 0.6 is 0 Å². The molecule has 2 atom stereocenters. The second-order valence-corrected chi connectivity index (χ2v) is 12.9. The van der Waals surface area contributed by atoms with Gasteiger partial charge in [0.1, 0.15) is 11.4 Å². The number of aromatic nitrogens is 2. The third-order valence-corrected chi connectivity index (χ3v) is 7.77. The molecule has 3 aliphatic rings. The van der Waals surface area contributed by atoms with Crippen LogP contribution in [0, 0.1) is 11.3 Å². The number of nitrogens with one attached hydrogen (secondary N) is 2. The minimum absolute atomic E-state index is 0.00401. The Labute approximate surface area is 226 Å². The van der Waals surface area contributed by atoms with Crippen molar-refractivity contribution in [2.45, 2.75) is 97.2 Å². The molecule has 2 saturated heterocycles. The van der Waals surface area contributed by atoms with E-state index in [1.54, 1.807) is 11.9 Å². The first-order chi connectivity index (χ1) is 17.9. The molecule has 0 radical (unpaired) electrons. The fraction of sp³-hybridized carbons (Fsp3) is 0.786. The molecule has 1 unspecified atom stereocenters. The van der Waals surface area contributed by atoms with E-state index in [0.717, 1.165) is 55.6 Å². The van der Waals surface area contributed by atoms with Crippen molar-refractivity contribution in [1.82, 2.24) is 20.2 Å². The normalized spacial score (nSPS) is 21.2. The summed E-state index contributed by atoms with van der Waals surface area (Å²) in [7, 11) is 1.67. The lowest BCUT2D eigenvalue weighted by Crippen LogP contribution is -2.60. The predicted molar refractivity (Wildman–Crippen MR) is 147 cm³/mol. The Kier molecular flexibility index (Phi) is 8.40. The number of carbonyl (C=O) groups excluding carboxylic acids is 2. The number of aryl methyl sites for hydroxylation is 1. The molecule has 1 spiro atoms. The second kappa shape index (κ2) is 11.2. The largest absolute Gasteiger partial charge is 0.444 e. The number of hydrogen-bond acceptors (Lipinski definition) is 8. The molecule has 10 heteroatoms. The Morgan fingerprint density at radius 1 is 1.16 bits per heavy atom. The maximum absolute atomic E-state index is 12.5. The fourth-order valence-electron chi connectivity index (χ4n) is 6.12. The molecular weight excluding hydrogens is 484 g/mol. The summed E-state index contributed by atoms with van der Waals surface area (Å²) in [6.45, 7) is 11.8. The van der Waals surface area contributed by atoms with Crippen molar-refractivity contribution in [2.24, 2.45) is 11.3 Å². The fourth-order valence-corrected chi connectivity index (χ4v) is 6.12. The molecule has 1 aliphatic carbocycles. The van der Waals surface area contributed by atoms with E-state index < -0.39 is 5.60 Å². The van der Waals surface area contributed by atoms with Crippen molar-refractivity contribution in [2.75, 3.05) is 43.5 Å². The molecule has 3 heterocycles. The van der Waals surface area contributed by atoms with Crippen LogP contribution in [0.3, 0.4) is 0 Å². The molecule has 2 amide bonds. The zero-order valence-electron chi connectivity index (χ0n) is 24.0. The third-order valence-electron chi connectivity index (χ3n) is 7.77. The Balaban J connectivity index is 1.56. The topological polar surface area (TPSA) is 120 Å². The highest BCUT2D eigenvalue weighted by atomic mass is 16.6. The van der Waals surface area contributed by atoms with E-state index in [1.807, 2.05) is 20.8 Å². The molecule has 0 aromatic carbocycles. The molecule has 38 heavy (non-hydrogen) atoms. The summed E-state index contributed by atoms with van der Waals surface area (Å²) in [5.41, 5.74) is 1.59. The second-order valence-electron chi connectivity index (χ2n) is 12.9. The van der Waals surface area contributed by atoms with E-state index in [9.17, 15) is 14.7 Å². The van der Waals surface area contributed by atoms with Gasteiger partial charge in [-0.25, -0.2) is 9.78 Å². The van der Waals surface area contributed by atoms with Crippen LogP contribution in [0.15, 0.2) is 0 Å². The number of nitrogens with zero attached hydrogens (tertiary/aromatic N) is 4. The van der Waals surface area contributed by atoms with Gasteiger partial charge in [0.25, 0.3) is 0 Å². The van der Waals surface area contributed by atoms with E-state index >= 15 is 0 Å². The SMILES string of the molecule is CNC(=O)C[C@H](CC(C)C)Nc1nc(N2CC3(CC2CO)CN(C(=O)OC(C)(C)C)C3)nc2c1CCCC2. The molecule has 3 N–H and O–H groups in total. The lowest BCUT2D eigenvalue weighted by Gasteiger charge is -2.47. The molecule has 212 valence electrons. The van der Waals surface area contributed by atoms with Crippen LogP contribution in [0.5, 0.6) is 0 Å². The molecule has 2 aliphatic heterocycles. The minimum atomic E-state index is -0.527. The van der Waals surface area contributed by atoms with E-state index in [0.29, 0.717) is 37.9 Å². The molecule has 1 aromatic rings. The van der Waals surface area contributed by atoms with Crippen molar-refractivity contribution < 1.29 is 19.4 Å². The molecule has 2 fully saturated rings. The quantitative estimate of drug-likeness (QED) is 0.469. The third kappa shape index (κ3) is 6.50. The highest BCUT2D eigenvalue weighted by Gasteiger charge is 2.54. The van der Waals surface area contributed by atoms with Gasteiger partial charge < -0.3 is 30.3 Å². The Hall–Kier alpha value is -2.62. The highest BCUT2D eigenvalue weighted by Crippen LogP contribution is 2.44. The number of aliphatic hydroxyl groups excluding tert-OH is 1. The van der Waals surface area contributed by atoms with Crippen LogP contribution in [-0.2, 0) is 22.4 Å². The standard InChI is InChI=1S/C28H46N6O4/c1-18(2)11-19(12-23(36)29-6)30-24-21-9-7-8-10-22(21)31-25(32-24)34-17-28(13-20(34)14-35)15-33(16-28)26(37)38-27(3,4)5/h18-20,35H,7-17H2,1-6H3,(H,29,36)(H,30,31,32)/t19-,20?/m0/s1. The van der Waals surface area contributed by atoms with Crippen LogP contribution in [0.4, 0.5) is 16.6 Å². The summed E-state index contributed by atoms with van der Waals surface area (Å²) in [5.74, 6) is 1.88. The van der Waals surface area contributed by atoms with Crippen LogP contribution in [0.1, 0.15) is 78.0 Å². The van der Waals surface area contributed by atoms with E-state index in [4.69, 9.17) is 14.7 Å². The Morgan fingerprint density at radius 3 is 2.50 bits per heavy atom. The van der Waals surface area contributed by atoms with Crippen molar-refractivity contribution in [3.05, 3.63) is 11.3 Å². The zero-order valence-corrected chi connectivity index (χ0v) is 24.0. The van der Waals surface area contributed by atoms with E-state index in [1.165, 1.54) is 0 Å². The number of fused-ring (bicyclic) bond motifs is 1. The lowest BCUT2D eigenvalue weighted by atomic mass is 9.78. The average molecular weight is 531 g/mol. The van der Waals surface area contributed by atoms with Crippen LogP contribution in [0.25, 0.3) is 0 Å². The van der Waals surface area contributed by atoms with E-state index in [2.05, 4.69) is 29.4 Å². The number of aliphatic hydroxyl groups is 1. The number of amides is 2. The molecule has 0 bridgehead atoms. The van der Waals surface area contributed by atoms with Gasteiger partial charge in [-0.15, -0.1) is 0 Å². The molecule has 10 nitrogen and oxygen atoms in total. The van der Waals surface area contributed by atoms with Gasteiger partial charge in [0.15, 0.2) is 0 Å². The summed E-state index contributed by atoms with van der Waals surface area (Å²) >= 11 is 0. The van der Waals surface area contributed by atoms with Crippen molar-refractivity contribution >= 4 is 23.8 Å². The zero-order chi connectivity index (χ0) is 27.7. The van der Waals surface area contributed by atoms with Gasteiger partial charge in [0.2, 0.25) is 11.9 Å². The number of hydrogen-bond donors (Lipinski definition) is 3. The summed E-state index contributed by atoms with van der Waals surface area (Å²) in [6.07, 6.45) is 5.74. The summed E-state index contributed by atoms with van der Waals surface area (Å²) in [4.78, 5) is 38.7. The van der Waals surface area contributed by atoms with Crippen molar-refractivity contribution in [3.63, 3.8) is 0 Å². The molecule has 1 aromatic heterocycles. The first kappa shape index (κ1) is 28.4. The Morgan fingerprint density at radius 2 is 1.87 bits per heavy atom. The average Bonchev–Trinajstić information content (AvgIpc) is 3.22. The smallest absolute Gasteiger partial charge is 0.410 e. The molecule has 4 rings (SSSR count). The number of likely N-dealkylation sites (tertiary alicyclic amines) is 1. The van der Waals surface area contributed by atoms with E-state index in [-0.39, 0.29) is 36.1 Å². The monoisotopic (exact) mass is 530 g/mol. The van der Waals surface area contributed by atoms with Gasteiger partial charge in [0.05, 0.1) is 18.3 Å². The first-order valence-electron chi connectivity index (χ1n) is 14.1. The highest BCUT2D eigenvalue weighted by molar-refractivity contribution is 5.76. The number of carbonyl (C=O) groups is 2. The van der Waals surface area contributed by atoms with Gasteiger partial charge in [-0.05, 0) is 65.2 Å². The van der Waals surface area contributed by atoms with Gasteiger partial charge in [-0.3, -0.25) is 4.79 Å². The Bertz CT molecular complexity index is 1020. The maximum Gasteiger partial charge on any atom is 0.410 e. The summed E-state index contributed by atoms with van der Waals surface area (Å²) in [5, 5.41) is 16.7. The van der Waals surface area contributed by atoms with Crippen molar-refractivity contribution in [3.8, 4) is 0 Å².